The van der Waals surface area contributed by atoms with Gasteiger partial charge in [0.2, 0.25) is 5.91 Å². The monoisotopic (exact) mass is 239 g/mol. The number of primary amides is 1. The molecule has 1 amide bonds. The van der Waals surface area contributed by atoms with Crippen LogP contribution in [0, 0.1) is 5.92 Å². The molecule has 1 saturated heterocycles. The van der Waals surface area contributed by atoms with E-state index in [1.807, 2.05) is 11.4 Å². The number of nitrogens with zero attached hydrogens (tertiary/aromatic N) is 1. The van der Waals surface area contributed by atoms with Crippen LogP contribution >= 0.6 is 11.3 Å². The molecule has 2 rings (SSSR count). The standard InChI is InChI=1S/C11H17N3OS/c1-7-3-14(5-10(7)12)4-9-2-8(6-16-9)11(13)15/h2,6-7,10H,3-5,12H2,1H3,(H2,13,15). The Labute approximate surface area is 99.2 Å². The Bertz CT molecular complexity index is 380. The topological polar surface area (TPSA) is 72.3 Å². The van der Waals surface area contributed by atoms with Gasteiger partial charge >= 0.3 is 0 Å². The molecular formula is C11H17N3OS. The summed E-state index contributed by atoms with van der Waals surface area (Å²) in [5.41, 5.74) is 11.8. The molecule has 4 N–H and O–H groups in total. The van der Waals surface area contributed by atoms with Crippen molar-refractivity contribution >= 4 is 17.2 Å². The number of hydrogen-bond acceptors (Lipinski definition) is 4. The molecule has 0 aromatic carbocycles. The Balaban J connectivity index is 1.97. The van der Waals surface area contributed by atoms with E-state index in [4.69, 9.17) is 11.5 Å². The molecule has 1 aromatic heterocycles. The highest BCUT2D eigenvalue weighted by molar-refractivity contribution is 7.10. The molecule has 4 nitrogen and oxygen atoms in total. The first-order valence-corrected chi connectivity index (χ1v) is 6.29. The van der Waals surface area contributed by atoms with Crippen LogP contribution < -0.4 is 11.5 Å². The Morgan fingerprint density at radius 2 is 2.38 bits per heavy atom. The molecule has 2 unspecified atom stereocenters. The Hall–Kier alpha value is -0.910. The van der Waals surface area contributed by atoms with Gasteiger partial charge in [-0.2, -0.15) is 0 Å². The van der Waals surface area contributed by atoms with Crippen LogP contribution in [-0.2, 0) is 6.54 Å². The first-order valence-electron chi connectivity index (χ1n) is 5.41. The van der Waals surface area contributed by atoms with E-state index in [2.05, 4.69) is 11.8 Å². The lowest BCUT2D eigenvalue weighted by Gasteiger charge is -2.13. The normalized spacial score (nSPS) is 26.1. The van der Waals surface area contributed by atoms with E-state index in [0.29, 0.717) is 11.5 Å². The quantitative estimate of drug-likeness (QED) is 0.812. The van der Waals surface area contributed by atoms with Gasteiger partial charge in [-0.1, -0.05) is 6.92 Å². The summed E-state index contributed by atoms with van der Waals surface area (Å²) < 4.78 is 0. The lowest BCUT2D eigenvalue weighted by atomic mass is 10.1. The number of likely N-dealkylation sites (tertiary alicyclic amines) is 1. The Kier molecular flexibility index (Phi) is 3.28. The van der Waals surface area contributed by atoms with Gasteiger partial charge in [-0.3, -0.25) is 9.69 Å². The summed E-state index contributed by atoms with van der Waals surface area (Å²) >= 11 is 1.58. The molecule has 1 aromatic rings. The van der Waals surface area contributed by atoms with E-state index in [-0.39, 0.29) is 11.9 Å². The van der Waals surface area contributed by atoms with E-state index in [1.165, 1.54) is 4.88 Å². The van der Waals surface area contributed by atoms with E-state index in [0.717, 1.165) is 19.6 Å². The predicted molar refractivity (Wildman–Crippen MR) is 65.3 cm³/mol. The SMILES string of the molecule is CC1CN(Cc2cc(C(N)=O)cs2)CC1N. The Morgan fingerprint density at radius 1 is 1.62 bits per heavy atom. The molecule has 2 atom stereocenters. The number of amides is 1. The second kappa shape index (κ2) is 4.53. The number of rotatable bonds is 3. The summed E-state index contributed by atoms with van der Waals surface area (Å²) in [5, 5.41) is 1.82. The van der Waals surface area contributed by atoms with E-state index >= 15 is 0 Å². The minimum atomic E-state index is -0.353. The van der Waals surface area contributed by atoms with Crippen molar-refractivity contribution in [3.8, 4) is 0 Å². The Morgan fingerprint density at radius 3 is 2.88 bits per heavy atom. The number of thiophene rings is 1. The maximum atomic E-state index is 11.0. The molecule has 0 radical (unpaired) electrons. The van der Waals surface area contributed by atoms with Crippen LogP contribution in [0.25, 0.3) is 0 Å². The van der Waals surface area contributed by atoms with Crippen molar-refractivity contribution in [3.63, 3.8) is 0 Å². The zero-order chi connectivity index (χ0) is 11.7. The molecule has 0 bridgehead atoms. The molecule has 88 valence electrons. The smallest absolute Gasteiger partial charge is 0.249 e. The van der Waals surface area contributed by atoms with Crippen LogP contribution in [-0.4, -0.2) is 29.9 Å². The average molecular weight is 239 g/mol. The fourth-order valence-corrected chi connectivity index (χ4v) is 2.95. The fraction of sp³-hybridized carbons (Fsp3) is 0.545. The van der Waals surface area contributed by atoms with Gasteiger partial charge in [0.1, 0.15) is 0 Å². The van der Waals surface area contributed by atoms with Crippen LogP contribution in [0.1, 0.15) is 22.2 Å². The lowest BCUT2D eigenvalue weighted by Crippen LogP contribution is -2.28. The van der Waals surface area contributed by atoms with Crippen molar-refractivity contribution in [3.05, 3.63) is 21.9 Å². The molecule has 1 aliphatic heterocycles. The van der Waals surface area contributed by atoms with Crippen molar-refractivity contribution in [1.29, 1.82) is 0 Å². The summed E-state index contributed by atoms with van der Waals surface area (Å²) in [4.78, 5) is 14.5. The summed E-state index contributed by atoms with van der Waals surface area (Å²) in [6, 6.07) is 2.15. The third kappa shape index (κ3) is 2.42. The van der Waals surface area contributed by atoms with Gasteiger partial charge in [0.15, 0.2) is 0 Å². The fourth-order valence-electron chi connectivity index (χ4n) is 2.04. The second-order valence-electron chi connectivity index (χ2n) is 4.50. The minimum Gasteiger partial charge on any atom is -0.366 e. The summed E-state index contributed by atoms with van der Waals surface area (Å²) in [6.45, 7) is 5.01. The zero-order valence-corrected chi connectivity index (χ0v) is 10.2. The number of nitrogens with two attached hydrogens (primary N) is 2. The van der Waals surface area contributed by atoms with Gasteiger partial charge in [-0.15, -0.1) is 11.3 Å². The van der Waals surface area contributed by atoms with Crippen molar-refractivity contribution in [2.24, 2.45) is 17.4 Å². The molecule has 0 aliphatic carbocycles. The number of hydrogen-bond donors (Lipinski definition) is 2. The van der Waals surface area contributed by atoms with E-state index < -0.39 is 0 Å². The predicted octanol–water partition coefficient (Wildman–Crippen LogP) is 0.626. The van der Waals surface area contributed by atoms with Gasteiger partial charge < -0.3 is 11.5 Å². The van der Waals surface area contributed by atoms with Crippen LogP contribution in [0.4, 0.5) is 0 Å². The molecule has 5 heteroatoms. The highest BCUT2D eigenvalue weighted by Gasteiger charge is 2.26. The van der Waals surface area contributed by atoms with Crippen LogP contribution in [0.15, 0.2) is 11.4 Å². The summed E-state index contributed by atoms with van der Waals surface area (Å²) in [7, 11) is 0. The lowest BCUT2D eigenvalue weighted by molar-refractivity contribution is 0.100. The zero-order valence-electron chi connectivity index (χ0n) is 9.35. The number of carbonyl (C=O) groups is 1. The van der Waals surface area contributed by atoms with Crippen molar-refractivity contribution < 1.29 is 4.79 Å². The van der Waals surface area contributed by atoms with Crippen LogP contribution in [0.3, 0.4) is 0 Å². The highest BCUT2D eigenvalue weighted by Crippen LogP contribution is 2.21. The second-order valence-corrected chi connectivity index (χ2v) is 5.50. The van der Waals surface area contributed by atoms with Gasteiger partial charge in [0, 0.05) is 35.9 Å². The molecule has 1 fully saturated rings. The van der Waals surface area contributed by atoms with Crippen LogP contribution in [0.5, 0.6) is 0 Å². The third-order valence-corrected chi connectivity index (χ3v) is 3.99. The molecule has 2 heterocycles. The van der Waals surface area contributed by atoms with E-state index in [1.54, 1.807) is 11.3 Å². The first kappa shape index (κ1) is 11.6. The highest BCUT2D eigenvalue weighted by atomic mass is 32.1. The maximum Gasteiger partial charge on any atom is 0.249 e. The molecule has 0 saturated carbocycles. The van der Waals surface area contributed by atoms with Gasteiger partial charge in [0.25, 0.3) is 0 Å². The molecule has 1 aliphatic rings. The van der Waals surface area contributed by atoms with Crippen LogP contribution in [0.2, 0.25) is 0 Å². The van der Waals surface area contributed by atoms with Gasteiger partial charge in [-0.05, 0) is 12.0 Å². The van der Waals surface area contributed by atoms with Gasteiger partial charge in [0.05, 0.1) is 5.56 Å². The summed E-state index contributed by atoms with van der Waals surface area (Å²) in [6.07, 6.45) is 0. The minimum absolute atomic E-state index is 0.274. The van der Waals surface area contributed by atoms with E-state index in [9.17, 15) is 4.79 Å². The summed E-state index contributed by atoms with van der Waals surface area (Å²) in [5.74, 6) is 0.199. The van der Waals surface area contributed by atoms with Crippen molar-refractivity contribution in [1.82, 2.24) is 4.90 Å². The van der Waals surface area contributed by atoms with Crippen molar-refractivity contribution in [2.45, 2.75) is 19.5 Å². The number of carbonyl (C=O) groups excluding carboxylic acids is 1. The average Bonchev–Trinajstić information content (AvgIpc) is 2.76. The molecule has 16 heavy (non-hydrogen) atoms. The van der Waals surface area contributed by atoms with Gasteiger partial charge in [-0.25, -0.2) is 0 Å². The first-order chi connectivity index (χ1) is 7.56. The largest absolute Gasteiger partial charge is 0.366 e. The molecular weight excluding hydrogens is 222 g/mol. The third-order valence-electron chi connectivity index (χ3n) is 3.06. The maximum absolute atomic E-state index is 11.0. The van der Waals surface area contributed by atoms with Crippen molar-refractivity contribution in [2.75, 3.05) is 13.1 Å². The molecule has 0 spiro atoms.